The van der Waals surface area contributed by atoms with Gasteiger partial charge in [-0.2, -0.15) is 5.10 Å². The molecule has 1 amide bonds. The number of alkyl halides is 2. The number of ether oxygens (including phenoxy) is 1. The third-order valence-corrected chi connectivity index (χ3v) is 14.4. The number of carbonyl (C=O) groups is 3. The third kappa shape index (κ3) is 4.96. The molecule has 10 nitrogen and oxygen atoms in total. The Balaban J connectivity index is 1.10. The Hall–Kier alpha value is -3.13. The van der Waals surface area contributed by atoms with Gasteiger partial charge in [-0.05, 0) is 111 Å². The number of aromatic nitrogens is 2. The van der Waals surface area contributed by atoms with Crippen LogP contribution in [-0.2, 0) is 25.5 Å². The number of esters is 1. The van der Waals surface area contributed by atoms with Crippen molar-refractivity contribution in [3.05, 3.63) is 52.9 Å². The van der Waals surface area contributed by atoms with Gasteiger partial charge < -0.3 is 20.7 Å². The quantitative estimate of drug-likeness (QED) is 0.322. The highest BCUT2D eigenvalue weighted by Gasteiger charge is 2.76. The summed E-state index contributed by atoms with van der Waals surface area (Å²) in [5.41, 5.74) is 3.66. The molecular weight excluding hydrogens is 679 g/mol. The highest BCUT2D eigenvalue weighted by Crippen LogP contribution is 2.71. The molecule has 0 spiro atoms. The number of carbonyl (C=O) groups excluding carboxylic acids is 3. The number of benzene rings is 1. The first-order valence-electron chi connectivity index (χ1n) is 18.2. The van der Waals surface area contributed by atoms with Crippen LogP contribution in [0.1, 0.15) is 94.7 Å². The van der Waals surface area contributed by atoms with Crippen molar-refractivity contribution in [2.75, 3.05) is 12.6 Å². The Morgan fingerprint density at radius 1 is 1.16 bits per heavy atom. The number of halogens is 2. The number of nitrogens with two attached hydrogens (primary N) is 1. The number of aliphatic hydroxyl groups is 2. The predicted octanol–water partition coefficient (Wildman–Crippen LogP) is 4.94. The topological polar surface area (TPSA) is 148 Å². The maximum Gasteiger partial charge on any atom is 0.309 e. The first-order chi connectivity index (χ1) is 24.3. The molecule has 1 aromatic heterocycles. The summed E-state index contributed by atoms with van der Waals surface area (Å²) < 4.78 is 39.8. The smallest absolute Gasteiger partial charge is 0.309 e. The molecule has 0 bridgehead atoms. The van der Waals surface area contributed by atoms with Crippen LogP contribution in [0.5, 0.6) is 0 Å². The Labute approximate surface area is 300 Å². The van der Waals surface area contributed by atoms with E-state index in [1.807, 2.05) is 38.1 Å². The van der Waals surface area contributed by atoms with Crippen molar-refractivity contribution in [1.82, 2.24) is 14.7 Å². The van der Waals surface area contributed by atoms with Gasteiger partial charge in [0.2, 0.25) is 11.0 Å². The molecule has 5 fully saturated rings. The van der Waals surface area contributed by atoms with E-state index in [1.165, 1.54) is 0 Å². The van der Waals surface area contributed by atoms with Crippen LogP contribution in [0.4, 0.5) is 8.78 Å². The van der Waals surface area contributed by atoms with Crippen LogP contribution < -0.4 is 5.73 Å². The van der Waals surface area contributed by atoms with Crippen LogP contribution >= 0.6 is 11.8 Å². The second-order valence-electron chi connectivity index (χ2n) is 16.2. The van der Waals surface area contributed by atoms with Gasteiger partial charge in [0, 0.05) is 23.3 Å². The van der Waals surface area contributed by atoms with Gasteiger partial charge in [-0.3, -0.25) is 19.3 Å². The van der Waals surface area contributed by atoms with Crippen LogP contribution in [0.15, 0.2) is 36.0 Å². The summed E-state index contributed by atoms with van der Waals surface area (Å²) in [5.74, 6) is -2.15. The summed E-state index contributed by atoms with van der Waals surface area (Å²) in [6.45, 7) is 4.28. The molecule has 9 atom stereocenters. The summed E-state index contributed by atoms with van der Waals surface area (Å²) >= 11 is 0.494. The molecule has 5 aliphatic carbocycles. The zero-order valence-electron chi connectivity index (χ0n) is 29.0. The zero-order valence-corrected chi connectivity index (χ0v) is 29.8. The minimum atomic E-state index is -2.04. The monoisotopic (exact) mass is 724 g/mol. The predicted molar refractivity (Wildman–Crippen MR) is 185 cm³/mol. The number of amides is 1. The molecule has 1 aliphatic heterocycles. The number of aliphatic hydroxyl groups excluding tert-OH is 2. The van der Waals surface area contributed by atoms with E-state index in [9.17, 15) is 29.0 Å². The summed E-state index contributed by atoms with van der Waals surface area (Å²) in [5, 5.41) is 27.4. The van der Waals surface area contributed by atoms with E-state index in [1.54, 1.807) is 21.8 Å². The molecule has 1 aromatic carbocycles. The van der Waals surface area contributed by atoms with E-state index < -0.39 is 69.4 Å². The maximum absolute atomic E-state index is 18.3. The van der Waals surface area contributed by atoms with E-state index in [4.69, 9.17) is 15.6 Å². The highest BCUT2D eigenvalue weighted by atomic mass is 32.2. The first kappa shape index (κ1) is 34.9. The van der Waals surface area contributed by atoms with Crippen molar-refractivity contribution in [2.45, 2.75) is 108 Å². The van der Waals surface area contributed by atoms with Crippen LogP contribution in [-0.4, -0.2) is 77.9 Å². The van der Waals surface area contributed by atoms with Gasteiger partial charge in [0.15, 0.2) is 5.60 Å². The first-order valence-corrected chi connectivity index (χ1v) is 19.2. The van der Waals surface area contributed by atoms with E-state index in [0.29, 0.717) is 74.5 Å². The minimum absolute atomic E-state index is 0.0844. The molecule has 6 aliphatic rings. The summed E-state index contributed by atoms with van der Waals surface area (Å²) in [7, 11) is 0. The standard InChI is InChI=1S/C38H46F2N4O6S/c1-35-17-23-19-42-44(25-6-3-5-22(15-25)32(47)43-14-4-7-28(43)31(41)46)29(23)16-24(35)10-11-27-26-12-13-37(34(49)51-20-39,50-33(48)21-8-9-21)36(26,2)18-30(45)38(27,35)40/h3,5-6,15-16,19,21,26-28,30,32,45,47H,4,7-14,17-18,20H2,1-2H3,(H2,41,46)/t26-,27-,28+,30-,32?,35-,36-,37-,38-/m0/s1. The number of likely N-dealkylation sites (tertiary alicyclic amines) is 1. The highest BCUT2D eigenvalue weighted by molar-refractivity contribution is 8.13. The Morgan fingerprint density at radius 2 is 1.94 bits per heavy atom. The number of hydrogen-bond acceptors (Lipinski definition) is 9. The minimum Gasteiger partial charge on any atom is -0.449 e. The average molecular weight is 725 g/mol. The summed E-state index contributed by atoms with van der Waals surface area (Å²) in [4.78, 5) is 40.5. The fourth-order valence-electron chi connectivity index (χ4n) is 10.9. The van der Waals surface area contributed by atoms with Crippen LogP contribution in [0.25, 0.3) is 11.8 Å². The van der Waals surface area contributed by atoms with Gasteiger partial charge in [0.05, 0.1) is 35.6 Å². The Morgan fingerprint density at radius 3 is 2.67 bits per heavy atom. The normalized spacial score (nSPS) is 37.8. The molecule has 1 unspecified atom stereocenters. The molecule has 8 rings (SSSR count). The average Bonchev–Trinajstić information content (AvgIpc) is 3.58. The van der Waals surface area contributed by atoms with E-state index >= 15 is 4.39 Å². The number of thioether (sulfide) groups is 1. The van der Waals surface area contributed by atoms with Crippen molar-refractivity contribution in [2.24, 2.45) is 34.3 Å². The second kappa shape index (κ2) is 12.2. The number of primary amides is 1. The molecule has 51 heavy (non-hydrogen) atoms. The summed E-state index contributed by atoms with van der Waals surface area (Å²) in [6, 6.07) is 5.86. The van der Waals surface area contributed by atoms with Gasteiger partial charge in [0.1, 0.15) is 17.9 Å². The van der Waals surface area contributed by atoms with Crippen LogP contribution in [0.3, 0.4) is 0 Å². The van der Waals surface area contributed by atoms with Crippen LogP contribution in [0, 0.1) is 28.6 Å². The lowest BCUT2D eigenvalue weighted by molar-refractivity contribution is -0.229. The van der Waals surface area contributed by atoms with Crippen molar-refractivity contribution in [1.29, 1.82) is 0 Å². The molecule has 2 aromatic rings. The molecule has 0 radical (unpaired) electrons. The van der Waals surface area contributed by atoms with E-state index in [0.717, 1.165) is 23.3 Å². The molecule has 1 saturated heterocycles. The maximum atomic E-state index is 18.3. The van der Waals surface area contributed by atoms with E-state index in [-0.39, 0.29) is 24.7 Å². The van der Waals surface area contributed by atoms with Gasteiger partial charge in [0.25, 0.3) is 0 Å². The Kier molecular flexibility index (Phi) is 8.36. The largest absolute Gasteiger partial charge is 0.449 e. The molecular formula is C38H46F2N4O6S. The fourth-order valence-corrected chi connectivity index (χ4v) is 11.6. The third-order valence-electron chi connectivity index (χ3n) is 13.7. The lowest BCUT2D eigenvalue weighted by Gasteiger charge is -2.63. The molecule has 4 N–H and O–H groups in total. The molecule has 2 heterocycles. The number of rotatable bonds is 8. The molecule has 4 saturated carbocycles. The van der Waals surface area contributed by atoms with Crippen molar-refractivity contribution < 1.29 is 38.1 Å². The number of nitrogens with zero attached hydrogens (tertiary/aromatic N) is 3. The summed E-state index contributed by atoms with van der Waals surface area (Å²) in [6.07, 6.45) is 5.84. The van der Waals surface area contributed by atoms with Crippen molar-refractivity contribution in [3.63, 3.8) is 0 Å². The van der Waals surface area contributed by atoms with Gasteiger partial charge >= 0.3 is 5.97 Å². The van der Waals surface area contributed by atoms with E-state index in [2.05, 4.69) is 0 Å². The molecule has 13 heteroatoms. The van der Waals surface area contributed by atoms with Gasteiger partial charge in [-0.25, -0.2) is 13.5 Å². The van der Waals surface area contributed by atoms with Gasteiger partial charge in [-0.1, -0.05) is 31.6 Å². The zero-order chi connectivity index (χ0) is 36.1. The fraction of sp³-hybridized carbons (Fsp3) is 0.632. The lowest BCUT2D eigenvalue weighted by atomic mass is 9.44. The lowest BCUT2D eigenvalue weighted by Crippen LogP contribution is -2.70. The number of fused-ring (bicyclic) bond motifs is 6. The second-order valence-corrected chi connectivity index (χ2v) is 17.0. The Bertz CT molecular complexity index is 1820. The van der Waals surface area contributed by atoms with Crippen molar-refractivity contribution in [3.8, 4) is 5.69 Å². The van der Waals surface area contributed by atoms with Gasteiger partial charge in [-0.15, -0.1) is 0 Å². The molecule has 274 valence electrons. The number of hydrogen-bond donors (Lipinski definition) is 3. The van der Waals surface area contributed by atoms with Crippen molar-refractivity contribution >= 4 is 34.8 Å². The number of allylic oxidation sites excluding steroid dienone is 1. The SMILES string of the molecule is C[C@]12Cc3cnn(-c4cccc(C(O)N5CCC[C@@H]5C(N)=O)c4)c3C=C1CC[C@H]1[C@@H]3CC[C@](OC(=O)C4CC4)(C(=O)SCF)[C@@]3(C)C[C@H](O)[C@@]12F. The van der Waals surface area contributed by atoms with Crippen LogP contribution in [0.2, 0.25) is 0 Å².